The van der Waals surface area contributed by atoms with Gasteiger partial charge >= 0.3 is 0 Å². The Morgan fingerprint density at radius 2 is 1.68 bits per heavy atom. The molecule has 1 saturated heterocycles. The standard InChI is InChI=1S/C16H15Cl3N2O3S/c17-11-1-4-16(21-5-7-24-8-6-21)15(9-11)20-25(22,23)12-2-3-13(18)14(19)10-12/h1-4,9-10,20H,5-8H2. The minimum absolute atomic E-state index is 0.0230. The molecule has 0 unspecified atom stereocenters. The molecular weight excluding hydrogens is 407 g/mol. The van der Waals surface area contributed by atoms with E-state index in [1.807, 2.05) is 4.90 Å². The quantitative estimate of drug-likeness (QED) is 0.800. The lowest BCUT2D eigenvalue weighted by atomic mass is 10.2. The summed E-state index contributed by atoms with van der Waals surface area (Å²) in [6, 6.07) is 9.26. The van der Waals surface area contributed by atoms with E-state index in [0.717, 1.165) is 5.69 Å². The van der Waals surface area contributed by atoms with Crippen LogP contribution in [0.1, 0.15) is 0 Å². The monoisotopic (exact) mass is 420 g/mol. The van der Waals surface area contributed by atoms with Gasteiger partial charge in [-0.15, -0.1) is 0 Å². The van der Waals surface area contributed by atoms with E-state index in [1.165, 1.54) is 18.2 Å². The van der Waals surface area contributed by atoms with Crippen molar-refractivity contribution in [3.05, 3.63) is 51.5 Å². The number of halogens is 3. The summed E-state index contributed by atoms with van der Waals surface area (Å²) in [4.78, 5) is 2.07. The van der Waals surface area contributed by atoms with Crippen molar-refractivity contribution >= 4 is 56.2 Å². The Morgan fingerprint density at radius 3 is 2.36 bits per heavy atom. The third-order valence-electron chi connectivity index (χ3n) is 3.76. The van der Waals surface area contributed by atoms with Crippen LogP contribution in [-0.4, -0.2) is 34.7 Å². The van der Waals surface area contributed by atoms with E-state index < -0.39 is 10.0 Å². The van der Waals surface area contributed by atoms with E-state index in [1.54, 1.807) is 18.2 Å². The fourth-order valence-corrected chi connectivity index (χ4v) is 4.14. The van der Waals surface area contributed by atoms with Gasteiger partial charge in [0.2, 0.25) is 0 Å². The molecule has 0 aliphatic carbocycles. The zero-order chi connectivity index (χ0) is 18.0. The first-order valence-electron chi connectivity index (χ1n) is 7.47. The van der Waals surface area contributed by atoms with Gasteiger partial charge in [0.25, 0.3) is 10.0 Å². The van der Waals surface area contributed by atoms with Crippen LogP contribution in [-0.2, 0) is 14.8 Å². The summed E-state index contributed by atoms with van der Waals surface area (Å²) in [7, 11) is -3.84. The molecule has 0 spiro atoms. The molecule has 134 valence electrons. The molecule has 1 heterocycles. The summed E-state index contributed by atoms with van der Waals surface area (Å²) in [6.45, 7) is 2.51. The average molecular weight is 422 g/mol. The lowest BCUT2D eigenvalue weighted by molar-refractivity contribution is 0.123. The largest absolute Gasteiger partial charge is 0.378 e. The Hall–Kier alpha value is -1.18. The first kappa shape index (κ1) is 18.6. The highest BCUT2D eigenvalue weighted by molar-refractivity contribution is 7.92. The van der Waals surface area contributed by atoms with Crippen LogP contribution in [0.3, 0.4) is 0 Å². The molecule has 25 heavy (non-hydrogen) atoms. The minimum atomic E-state index is -3.84. The zero-order valence-electron chi connectivity index (χ0n) is 13.0. The van der Waals surface area contributed by atoms with Crippen molar-refractivity contribution in [3.63, 3.8) is 0 Å². The summed E-state index contributed by atoms with van der Waals surface area (Å²) in [5, 5.41) is 0.894. The maximum atomic E-state index is 12.7. The number of sulfonamides is 1. The summed E-state index contributed by atoms with van der Waals surface area (Å²) in [6.07, 6.45) is 0. The number of hydrogen-bond donors (Lipinski definition) is 1. The molecular formula is C16H15Cl3N2O3S. The molecule has 2 aromatic carbocycles. The van der Waals surface area contributed by atoms with Crippen LogP contribution in [0, 0.1) is 0 Å². The second-order valence-electron chi connectivity index (χ2n) is 5.44. The molecule has 1 aliphatic rings. The van der Waals surface area contributed by atoms with E-state index >= 15 is 0 Å². The fourth-order valence-electron chi connectivity index (χ4n) is 2.52. The van der Waals surface area contributed by atoms with Crippen LogP contribution >= 0.6 is 34.8 Å². The third kappa shape index (κ3) is 4.33. The lowest BCUT2D eigenvalue weighted by Crippen LogP contribution is -2.36. The van der Waals surface area contributed by atoms with Crippen molar-refractivity contribution in [1.82, 2.24) is 0 Å². The van der Waals surface area contributed by atoms with E-state index in [4.69, 9.17) is 39.5 Å². The topological polar surface area (TPSA) is 58.6 Å². The first-order valence-corrected chi connectivity index (χ1v) is 10.1. The Morgan fingerprint density at radius 1 is 0.960 bits per heavy atom. The predicted molar refractivity (Wildman–Crippen MR) is 102 cm³/mol. The van der Waals surface area contributed by atoms with Crippen molar-refractivity contribution in [1.29, 1.82) is 0 Å². The van der Waals surface area contributed by atoms with Crippen LogP contribution in [0.5, 0.6) is 0 Å². The average Bonchev–Trinajstić information content (AvgIpc) is 2.58. The molecule has 1 N–H and O–H groups in total. The maximum absolute atomic E-state index is 12.7. The summed E-state index contributed by atoms with van der Waals surface area (Å²) >= 11 is 17.8. The van der Waals surface area contributed by atoms with Crippen LogP contribution in [0.4, 0.5) is 11.4 Å². The van der Waals surface area contributed by atoms with Gasteiger partial charge in [-0.1, -0.05) is 34.8 Å². The summed E-state index contributed by atoms with van der Waals surface area (Å²) < 4.78 is 33.4. The van der Waals surface area contributed by atoms with Crippen LogP contribution in [0.15, 0.2) is 41.3 Å². The number of nitrogens with one attached hydrogen (secondary N) is 1. The smallest absolute Gasteiger partial charge is 0.262 e. The Bertz CT molecular complexity index is 884. The van der Waals surface area contributed by atoms with Gasteiger partial charge in [-0.05, 0) is 36.4 Å². The molecule has 9 heteroatoms. The number of rotatable bonds is 4. The molecule has 0 atom stereocenters. The Kier molecular flexibility index (Phi) is 5.65. The van der Waals surface area contributed by atoms with Crippen LogP contribution in [0.25, 0.3) is 0 Å². The SMILES string of the molecule is O=S(=O)(Nc1cc(Cl)ccc1N1CCOCC1)c1ccc(Cl)c(Cl)c1. The minimum Gasteiger partial charge on any atom is -0.378 e. The second-order valence-corrected chi connectivity index (χ2v) is 8.38. The van der Waals surface area contributed by atoms with Crippen molar-refractivity contribution < 1.29 is 13.2 Å². The van der Waals surface area contributed by atoms with E-state index in [0.29, 0.717) is 37.0 Å². The number of hydrogen-bond acceptors (Lipinski definition) is 4. The van der Waals surface area contributed by atoms with E-state index in [-0.39, 0.29) is 14.9 Å². The van der Waals surface area contributed by atoms with Gasteiger partial charge in [-0.3, -0.25) is 4.72 Å². The van der Waals surface area contributed by atoms with E-state index in [2.05, 4.69) is 4.72 Å². The highest BCUT2D eigenvalue weighted by Crippen LogP contribution is 2.32. The molecule has 3 rings (SSSR count). The van der Waals surface area contributed by atoms with Crippen molar-refractivity contribution in [2.24, 2.45) is 0 Å². The van der Waals surface area contributed by atoms with Gasteiger partial charge < -0.3 is 9.64 Å². The molecule has 0 saturated carbocycles. The highest BCUT2D eigenvalue weighted by Gasteiger charge is 2.21. The molecule has 0 radical (unpaired) electrons. The third-order valence-corrected chi connectivity index (χ3v) is 6.09. The van der Waals surface area contributed by atoms with Gasteiger partial charge in [-0.2, -0.15) is 0 Å². The van der Waals surface area contributed by atoms with E-state index in [9.17, 15) is 8.42 Å². The second kappa shape index (κ2) is 7.60. The molecule has 2 aromatic rings. The molecule has 0 bridgehead atoms. The number of ether oxygens (including phenoxy) is 1. The normalized spacial score (nSPS) is 15.2. The number of benzene rings is 2. The van der Waals surface area contributed by atoms with Crippen molar-refractivity contribution in [3.8, 4) is 0 Å². The lowest BCUT2D eigenvalue weighted by Gasteiger charge is -2.30. The zero-order valence-corrected chi connectivity index (χ0v) is 16.1. The molecule has 0 aromatic heterocycles. The van der Waals surface area contributed by atoms with Gasteiger partial charge in [-0.25, -0.2) is 8.42 Å². The van der Waals surface area contributed by atoms with Gasteiger partial charge in [0.15, 0.2) is 0 Å². The molecule has 5 nitrogen and oxygen atoms in total. The summed E-state index contributed by atoms with van der Waals surface area (Å²) in [5.74, 6) is 0. The summed E-state index contributed by atoms with van der Waals surface area (Å²) in [5.41, 5.74) is 1.15. The molecule has 1 fully saturated rings. The number of morpholine rings is 1. The predicted octanol–water partition coefficient (Wildman–Crippen LogP) is 4.28. The van der Waals surface area contributed by atoms with Gasteiger partial charge in [0.05, 0.1) is 39.5 Å². The number of nitrogens with zero attached hydrogens (tertiary/aromatic N) is 1. The number of anilines is 2. The van der Waals surface area contributed by atoms with Crippen LogP contribution in [0.2, 0.25) is 15.1 Å². The maximum Gasteiger partial charge on any atom is 0.262 e. The first-order chi connectivity index (χ1) is 11.9. The van der Waals surface area contributed by atoms with Gasteiger partial charge in [0.1, 0.15) is 0 Å². The Labute approximate surface area is 161 Å². The van der Waals surface area contributed by atoms with Crippen LogP contribution < -0.4 is 9.62 Å². The van der Waals surface area contributed by atoms with Crippen molar-refractivity contribution in [2.45, 2.75) is 4.90 Å². The highest BCUT2D eigenvalue weighted by atomic mass is 35.5. The van der Waals surface area contributed by atoms with Crippen molar-refractivity contribution in [2.75, 3.05) is 35.9 Å². The molecule has 0 amide bonds. The molecule has 1 aliphatic heterocycles. The van der Waals surface area contributed by atoms with Gasteiger partial charge in [0, 0.05) is 18.1 Å². The Balaban J connectivity index is 1.95. The fraction of sp³-hybridized carbons (Fsp3) is 0.250.